The zero-order valence-corrected chi connectivity index (χ0v) is 11.8. The molecule has 0 atom stereocenters. The molecule has 0 fully saturated rings. The summed E-state index contributed by atoms with van der Waals surface area (Å²) in [4.78, 5) is 12.8. The summed E-state index contributed by atoms with van der Waals surface area (Å²) < 4.78 is 0. The van der Waals surface area contributed by atoms with Gasteiger partial charge >= 0.3 is 0 Å². The van der Waals surface area contributed by atoms with Gasteiger partial charge in [-0.05, 0) is 49.0 Å². The van der Waals surface area contributed by atoms with Crippen molar-refractivity contribution in [1.82, 2.24) is 9.97 Å². The topological polar surface area (TPSA) is 38.1 Å². The summed E-state index contributed by atoms with van der Waals surface area (Å²) >= 11 is 0. The van der Waals surface area contributed by atoms with Crippen LogP contribution in [0.15, 0.2) is 65.9 Å². The number of rotatable bonds is 3. The highest BCUT2D eigenvalue weighted by atomic mass is 14.8. The minimum absolute atomic E-state index is 0.869. The van der Waals surface area contributed by atoms with Gasteiger partial charge in [0.2, 0.25) is 0 Å². The standard InChI is InChI=1S/C18H15N3/c1-13-6-7-14(11-18(13)19-2)15-8-9-17(21-12-15)16-5-3-4-10-20-16/h3-12H,2H2,1H3. The van der Waals surface area contributed by atoms with Gasteiger partial charge in [-0.15, -0.1) is 0 Å². The number of hydrogen-bond donors (Lipinski definition) is 0. The summed E-state index contributed by atoms with van der Waals surface area (Å²) in [5.74, 6) is 0. The van der Waals surface area contributed by atoms with Gasteiger partial charge in [-0.25, -0.2) is 0 Å². The Balaban J connectivity index is 1.96. The summed E-state index contributed by atoms with van der Waals surface area (Å²) in [5.41, 5.74) is 5.91. The summed E-state index contributed by atoms with van der Waals surface area (Å²) in [6.45, 7) is 5.63. The lowest BCUT2D eigenvalue weighted by Gasteiger charge is -2.06. The van der Waals surface area contributed by atoms with Crippen molar-refractivity contribution in [2.45, 2.75) is 6.92 Å². The lowest BCUT2D eigenvalue weighted by Crippen LogP contribution is -1.87. The molecule has 0 saturated carbocycles. The average molecular weight is 273 g/mol. The van der Waals surface area contributed by atoms with Crippen molar-refractivity contribution < 1.29 is 0 Å². The fraction of sp³-hybridized carbons (Fsp3) is 0.0556. The van der Waals surface area contributed by atoms with Crippen molar-refractivity contribution in [2.24, 2.45) is 4.99 Å². The van der Waals surface area contributed by atoms with E-state index < -0.39 is 0 Å². The smallest absolute Gasteiger partial charge is 0.0886 e. The predicted molar refractivity (Wildman–Crippen MR) is 86.9 cm³/mol. The molecule has 0 amide bonds. The van der Waals surface area contributed by atoms with Gasteiger partial charge in [0.25, 0.3) is 0 Å². The Kier molecular flexibility index (Phi) is 3.56. The molecule has 0 aliphatic carbocycles. The fourth-order valence-corrected chi connectivity index (χ4v) is 2.19. The minimum atomic E-state index is 0.869. The first-order chi connectivity index (χ1) is 10.3. The van der Waals surface area contributed by atoms with Crippen LogP contribution in [0.4, 0.5) is 5.69 Å². The number of aromatic nitrogens is 2. The van der Waals surface area contributed by atoms with Crippen LogP contribution in [0, 0.1) is 6.92 Å². The van der Waals surface area contributed by atoms with Gasteiger partial charge in [0.05, 0.1) is 17.1 Å². The summed E-state index contributed by atoms with van der Waals surface area (Å²) in [7, 11) is 0. The van der Waals surface area contributed by atoms with Gasteiger partial charge in [0.15, 0.2) is 0 Å². The van der Waals surface area contributed by atoms with Crippen LogP contribution in [0.5, 0.6) is 0 Å². The monoisotopic (exact) mass is 273 g/mol. The normalized spacial score (nSPS) is 10.3. The van der Waals surface area contributed by atoms with E-state index in [1.54, 1.807) is 6.20 Å². The Morgan fingerprint density at radius 3 is 2.38 bits per heavy atom. The molecule has 0 aliphatic rings. The zero-order valence-electron chi connectivity index (χ0n) is 11.8. The molecule has 2 heterocycles. The Bertz CT molecular complexity index is 762. The van der Waals surface area contributed by atoms with Crippen LogP contribution in [0.1, 0.15) is 5.56 Å². The van der Waals surface area contributed by atoms with Gasteiger partial charge in [-0.1, -0.05) is 24.3 Å². The van der Waals surface area contributed by atoms with Gasteiger partial charge in [0, 0.05) is 18.0 Å². The van der Waals surface area contributed by atoms with Crippen LogP contribution < -0.4 is 0 Å². The molecule has 1 aromatic carbocycles. The molecule has 0 aliphatic heterocycles. The highest BCUT2D eigenvalue weighted by Crippen LogP contribution is 2.27. The maximum Gasteiger partial charge on any atom is 0.0886 e. The average Bonchev–Trinajstić information content (AvgIpc) is 2.56. The second-order valence-electron chi connectivity index (χ2n) is 4.81. The SMILES string of the molecule is C=Nc1cc(-c2ccc(-c3ccccn3)nc2)ccc1C. The molecule has 3 rings (SSSR count). The maximum absolute atomic E-state index is 4.49. The lowest BCUT2D eigenvalue weighted by molar-refractivity contribution is 1.25. The highest BCUT2D eigenvalue weighted by Gasteiger charge is 2.04. The van der Waals surface area contributed by atoms with E-state index in [1.165, 1.54) is 0 Å². The van der Waals surface area contributed by atoms with E-state index in [9.17, 15) is 0 Å². The first-order valence-electron chi connectivity index (χ1n) is 6.73. The van der Waals surface area contributed by atoms with E-state index in [1.807, 2.05) is 49.5 Å². The molecule has 0 unspecified atom stereocenters. The number of nitrogens with zero attached hydrogens (tertiary/aromatic N) is 3. The number of pyridine rings is 2. The molecule has 102 valence electrons. The Labute approximate surface area is 124 Å². The quantitative estimate of drug-likeness (QED) is 0.661. The van der Waals surface area contributed by atoms with Crippen molar-refractivity contribution in [2.75, 3.05) is 0 Å². The third-order valence-corrected chi connectivity index (χ3v) is 3.40. The molecule has 2 aromatic heterocycles. The van der Waals surface area contributed by atoms with Crippen LogP contribution in [-0.4, -0.2) is 16.7 Å². The molecule has 0 saturated heterocycles. The summed E-state index contributed by atoms with van der Waals surface area (Å²) in [5, 5.41) is 0. The zero-order chi connectivity index (χ0) is 14.7. The number of benzene rings is 1. The fourth-order valence-electron chi connectivity index (χ4n) is 2.19. The van der Waals surface area contributed by atoms with E-state index in [0.29, 0.717) is 0 Å². The molecule has 0 spiro atoms. The first kappa shape index (κ1) is 13.2. The maximum atomic E-state index is 4.49. The van der Waals surface area contributed by atoms with E-state index in [0.717, 1.165) is 33.8 Å². The molecular formula is C18H15N3. The van der Waals surface area contributed by atoms with Crippen molar-refractivity contribution in [1.29, 1.82) is 0 Å². The number of hydrogen-bond acceptors (Lipinski definition) is 3. The van der Waals surface area contributed by atoms with E-state index in [-0.39, 0.29) is 0 Å². The predicted octanol–water partition coefficient (Wildman–Crippen LogP) is 4.45. The largest absolute Gasteiger partial charge is 0.264 e. The highest BCUT2D eigenvalue weighted by molar-refractivity contribution is 5.70. The van der Waals surface area contributed by atoms with Crippen molar-refractivity contribution in [3.63, 3.8) is 0 Å². The first-order valence-corrected chi connectivity index (χ1v) is 6.73. The van der Waals surface area contributed by atoms with Crippen molar-refractivity contribution >= 4 is 12.4 Å². The molecule has 3 nitrogen and oxygen atoms in total. The van der Waals surface area contributed by atoms with E-state index in [2.05, 4.69) is 33.8 Å². The van der Waals surface area contributed by atoms with Crippen LogP contribution in [0.25, 0.3) is 22.5 Å². The molecule has 3 heteroatoms. The van der Waals surface area contributed by atoms with Crippen LogP contribution in [0.3, 0.4) is 0 Å². The molecule has 0 N–H and O–H groups in total. The Morgan fingerprint density at radius 2 is 1.71 bits per heavy atom. The second-order valence-corrected chi connectivity index (χ2v) is 4.81. The molecule has 0 radical (unpaired) electrons. The molecule has 0 bridgehead atoms. The minimum Gasteiger partial charge on any atom is -0.264 e. The number of aryl methyl sites for hydroxylation is 1. The van der Waals surface area contributed by atoms with Gasteiger partial charge in [-0.3, -0.25) is 15.0 Å². The lowest BCUT2D eigenvalue weighted by atomic mass is 10.0. The second kappa shape index (κ2) is 5.67. The van der Waals surface area contributed by atoms with Crippen LogP contribution >= 0.6 is 0 Å². The van der Waals surface area contributed by atoms with Gasteiger partial charge in [-0.2, -0.15) is 0 Å². The van der Waals surface area contributed by atoms with Gasteiger partial charge < -0.3 is 0 Å². The van der Waals surface area contributed by atoms with Crippen molar-refractivity contribution in [3.8, 4) is 22.5 Å². The molecule has 21 heavy (non-hydrogen) atoms. The Hall–Kier alpha value is -2.81. The van der Waals surface area contributed by atoms with Crippen LogP contribution in [0.2, 0.25) is 0 Å². The third kappa shape index (κ3) is 2.72. The third-order valence-electron chi connectivity index (χ3n) is 3.40. The van der Waals surface area contributed by atoms with E-state index >= 15 is 0 Å². The number of aliphatic imine (C=N–C) groups is 1. The molecular weight excluding hydrogens is 258 g/mol. The van der Waals surface area contributed by atoms with Crippen LogP contribution in [-0.2, 0) is 0 Å². The Morgan fingerprint density at radius 1 is 0.905 bits per heavy atom. The van der Waals surface area contributed by atoms with E-state index in [4.69, 9.17) is 0 Å². The molecule has 3 aromatic rings. The summed E-state index contributed by atoms with van der Waals surface area (Å²) in [6.07, 6.45) is 3.63. The van der Waals surface area contributed by atoms with Crippen molar-refractivity contribution in [3.05, 3.63) is 66.5 Å². The van der Waals surface area contributed by atoms with Gasteiger partial charge in [0.1, 0.15) is 0 Å². The summed E-state index contributed by atoms with van der Waals surface area (Å²) in [6, 6.07) is 16.0.